The Morgan fingerprint density at radius 2 is 1.91 bits per heavy atom. The van der Waals surface area contributed by atoms with Crippen LogP contribution in [0.5, 0.6) is 5.88 Å². The van der Waals surface area contributed by atoms with Gasteiger partial charge < -0.3 is 19.7 Å². The van der Waals surface area contributed by atoms with Crippen LogP contribution < -0.4 is 15.6 Å². The molecule has 1 amide bonds. The summed E-state index contributed by atoms with van der Waals surface area (Å²) in [7, 11) is 0. The smallest absolute Gasteiger partial charge is 0.410 e. The number of anilines is 1. The molecule has 0 spiro atoms. The molecule has 0 unspecified atom stereocenters. The molecule has 1 N–H and O–H groups in total. The zero-order valence-corrected chi connectivity index (χ0v) is 22.1. The number of rotatable bonds is 6. The van der Waals surface area contributed by atoms with E-state index in [1.54, 1.807) is 4.90 Å². The molecule has 3 rings (SSSR count). The molecule has 1 aromatic heterocycles. The lowest BCUT2D eigenvalue weighted by Gasteiger charge is -2.34. The second-order valence-electron chi connectivity index (χ2n) is 9.73. The number of nitrogens with zero attached hydrogens (tertiary/aromatic N) is 3. The van der Waals surface area contributed by atoms with Gasteiger partial charge in [0.25, 0.3) is 5.56 Å². The fourth-order valence-electron chi connectivity index (χ4n) is 3.67. The van der Waals surface area contributed by atoms with Gasteiger partial charge in [-0.1, -0.05) is 0 Å². The first-order valence-corrected chi connectivity index (χ1v) is 12.3. The summed E-state index contributed by atoms with van der Waals surface area (Å²) >= 11 is 3.25. The largest absolute Gasteiger partial charge is 0.472 e. The normalized spacial score (nSPS) is 14.8. The number of hydrogen-bond acceptors (Lipinski definition) is 6. The highest BCUT2D eigenvalue weighted by molar-refractivity contribution is 9.10. The summed E-state index contributed by atoms with van der Waals surface area (Å²) in [5.41, 5.74) is -0.774. The number of hydrogen-bond donors (Lipinski definition) is 1. The van der Waals surface area contributed by atoms with Crippen LogP contribution in [0.3, 0.4) is 0 Å². The number of nitrogens with one attached hydrogen (secondary N) is 1. The predicted molar refractivity (Wildman–Crippen MR) is 132 cm³/mol. The van der Waals surface area contributed by atoms with Crippen LogP contribution in [0.4, 0.5) is 19.5 Å². The minimum Gasteiger partial charge on any atom is -0.472 e. The number of benzene rings is 1. The van der Waals surface area contributed by atoms with Crippen LogP contribution in [0, 0.1) is 11.6 Å². The maximum absolute atomic E-state index is 14.0. The fraction of sp³-hybridized carbons (Fsp3) is 0.542. The van der Waals surface area contributed by atoms with Crippen molar-refractivity contribution >= 4 is 28.0 Å². The Balaban J connectivity index is 1.75. The van der Waals surface area contributed by atoms with E-state index in [9.17, 15) is 18.4 Å². The number of carbonyl (C=O) groups excluding carboxylic acids is 1. The van der Waals surface area contributed by atoms with E-state index < -0.39 is 17.2 Å². The highest BCUT2D eigenvalue weighted by Crippen LogP contribution is 2.26. The van der Waals surface area contributed by atoms with Crippen molar-refractivity contribution in [2.45, 2.75) is 71.8 Å². The van der Waals surface area contributed by atoms with E-state index in [1.165, 1.54) is 10.6 Å². The summed E-state index contributed by atoms with van der Waals surface area (Å²) in [6.45, 7) is 9.98. The molecule has 2 aromatic rings. The SMILES string of the molecule is CC(C)n1c(NC2CCN(C(=O)OC(C)(C)C)CC2)nc(OCc2ccc(F)cc2F)c(Br)c1=O. The van der Waals surface area contributed by atoms with Crippen LogP contribution in [0.25, 0.3) is 0 Å². The van der Waals surface area contributed by atoms with E-state index in [2.05, 4.69) is 26.2 Å². The van der Waals surface area contributed by atoms with Gasteiger partial charge in [0.2, 0.25) is 11.8 Å². The van der Waals surface area contributed by atoms with Gasteiger partial charge in [-0.3, -0.25) is 9.36 Å². The molecule has 0 saturated carbocycles. The Bertz CT molecular complexity index is 1130. The lowest BCUT2D eigenvalue weighted by atomic mass is 10.1. The predicted octanol–water partition coefficient (Wildman–Crippen LogP) is 5.26. The lowest BCUT2D eigenvalue weighted by Crippen LogP contribution is -2.45. The zero-order chi connectivity index (χ0) is 25.9. The van der Waals surface area contributed by atoms with E-state index in [4.69, 9.17) is 9.47 Å². The average Bonchev–Trinajstić information content (AvgIpc) is 2.75. The first-order chi connectivity index (χ1) is 16.4. The topological polar surface area (TPSA) is 85.7 Å². The van der Waals surface area contributed by atoms with Gasteiger partial charge in [0.1, 0.15) is 28.3 Å². The van der Waals surface area contributed by atoms with E-state index in [-0.39, 0.29) is 46.3 Å². The number of ether oxygens (including phenoxy) is 2. The van der Waals surface area contributed by atoms with Gasteiger partial charge in [0.15, 0.2) is 0 Å². The minimum atomic E-state index is -0.744. The van der Waals surface area contributed by atoms with Gasteiger partial charge in [-0.2, -0.15) is 4.98 Å². The van der Waals surface area contributed by atoms with Crippen molar-refractivity contribution in [3.05, 3.63) is 50.2 Å². The Morgan fingerprint density at radius 1 is 1.26 bits per heavy atom. The monoisotopic (exact) mass is 556 g/mol. The Morgan fingerprint density at radius 3 is 2.49 bits per heavy atom. The number of aromatic nitrogens is 2. The zero-order valence-electron chi connectivity index (χ0n) is 20.5. The molecule has 11 heteroatoms. The molecule has 0 atom stereocenters. The number of amides is 1. The third-order valence-corrected chi connectivity index (χ3v) is 6.08. The van der Waals surface area contributed by atoms with Crippen molar-refractivity contribution in [3.63, 3.8) is 0 Å². The molecule has 192 valence electrons. The molecule has 2 heterocycles. The maximum Gasteiger partial charge on any atom is 0.410 e. The molecule has 1 saturated heterocycles. The first kappa shape index (κ1) is 26.9. The van der Waals surface area contributed by atoms with Crippen molar-refractivity contribution in [2.75, 3.05) is 18.4 Å². The molecule has 1 aliphatic rings. The van der Waals surface area contributed by atoms with Gasteiger partial charge in [-0.15, -0.1) is 0 Å². The fourth-order valence-corrected chi connectivity index (χ4v) is 4.06. The lowest BCUT2D eigenvalue weighted by molar-refractivity contribution is 0.0210. The second-order valence-corrected chi connectivity index (χ2v) is 10.5. The van der Waals surface area contributed by atoms with Crippen molar-refractivity contribution in [1.82, 2.24) is 14.5 Å². The molecule has 35 heavy (non-hydrogen) atoms. The van der Waals surface area contributed by atoms with Crippen molar-refractivity contribution < 1.29 is 23.0 Å². The van der Waals surface area contributed by atoms with E-state index in [0.717, 1.165) is 12.1 Å². The van der Waals surface area contributed by atoms with Crippen LogP contribution in [0.15, 0.2) is 27.5 Å². The van der Waals surface area contributed by atoms with Gasteiger partial charge in [0, 0.05) is 36.8 Å². The second kappa shape index (κ2) is 10.9. The minimum absolute atomic E-state index is 0.00400. The Labute approximate surface area is 211 Å². The molecule has 8 nitrogen and oxygen atoms in total. The van der Waals surface area contributed by atoms with Crippen LogP contribution in [-0.4, -0.2) is 45.3 Å². The van der Waals surface area contributed by atoms with Gasteiger partial charge in [-0.25, -0.2) is 13.6 Å². The van der Waals surface area contributed by atoms with Crippen molar-refractivity contribution in [1.29, 1.82) is 0 Å². The molecule has 0 bridgehead atoms. The number of halogens is 3. The number of carbonyl (C=O) groups is 1. The molecule has 1 fully saturated rings. The van der Waals surface area contributed by atoms with Crippen molar-refractivity contribution in [2.24, 2.45) is 0 Å². The maximum atomic E-state index is 14.0. The van der Waals surface area contributed by atoms with E-state index in [1.807, 2.05) is 34.6 Å². The summed E-state index contributed by atoms with van der Waals surface area (Å²) in [5, 5.41) is 3.31. The van der Waals surface area contributed by atoms with Crippen LogP contribution >= 0.6 is 15.9 Å². The summed E-state index contributed by atoms with van der Waals surface area (Å²) in [4.78, 5) is 31.6. The third-order valence-electron chi connectivity index (χ3n) is 5.41. The molecule has 0 radical (unpaired) electrons. The van der Waals surface area contributed by atoms with Crippen molar-refractivity contribution in [3.8, 4) is 5.88 Å². The molecule has 1 aromatic carbocycles. The standard InChI is InChI=1S/C24H31BrF2N4O4/c1-14(2)31-21(32)19(25)20(34-13-15-6-7-16(26)12-18(15)27)29-22(31)28-17-8-10-30(11-9-17)23(33)35-24(3,4)5/h6-7,12,14,17H,8-11,13H2,1-5H3,(H,28,29). The summed E-state index contributed by atoms with van der Waals surface area (Å²) in [6.07, 6.45) is 0.932. The van der Waals surface area contributed by atoms with Crippen LogP contribution in [-0.2, 0) is 11.3 Å². The van der Waals surface area contributed by atoms with E-state index >= 15 is 0 Å². The molecular weight excluding hydrogens is 526 g/mol. The summed E-state index contributed by atoms with van der Waals surface area (Å²) in [5.74, 6) is -1.11. The number of likely N-dealkylation sites (tertiary alicyclic amines) is 1. The highest BCUT2D eigenvalue weighted by atomic mass is 79.9. The van der Waals surface area contributed by atoms with Gasteiger partial charge in [0.05, 0.1) is 0 Å². The molecule has 1 aliphatic heterocycles. The average molecular weight is 557 g/mol. The Hall–Kier alpha value is -2.69. The highest BCUT2D eigenvalue weighted by Gasteiger charge is 2.28. The molecular formula is C24H31BrF2N4O4. The number of piperidine rings is 1. The summed E-state index contributed by atoms with van der Waals surface area (Å²) < 4.78 is 39.9. The quantitative estimate of drug-likeness (QED) is 0.522. The van der Waals surface area contributed by atoms with Gasteiger partial charge >= 0.3 is 6.09 Å². The molecule has 0 aliphatic carbocycles. The van der Waals surface area contributed by atoms with E-state index in [0.29, 0.717) is 31.9 Å². The Kier molecular flexibility index (Phi) is 8.40. The summed E-state index contributed by atoms with van der Waals surface area (Å²) in [6, 6.07) is 2.96. The van der Waals surface area contributed by atoms with Crippen LogP contribution in [0.1, 0.15) is 59.1 Å². The third kappa shape index (κ3) is 6.93. The van der Waals surface area contributed by atoms with Crippen LogP contribution in [0.2, 0.25) is 0 Å². The first-order valence-electron chi connectivity index (χ1n) is 11.5. The van der Waals surface area contributed by atoms with Gasteiger partial charge in [-0.05, 0) is 75.5 Å².